The van der Waals surface area contributed by atoms with Crippen LogP contribution in [0.15, 0.2) is 58.9 Å². The van der Waals surface area contributed by atoms with E-state index in [4.69, 9.17) is 13.9 Å². The molecule has 3 rings (SSSR count). The summed E-state index contributed by atoms with van der Waals surface area (Å²) in [6, 6.07) is 10.7. The number of allylic oxidation sites excluding steroid dienone is 1. The fourth-order valence-corrected chi connectivity index (χ4v) is 4.21. The Morgan fingerprint density at radius 1 is 1.27 bits per heavy atom. The van der Waals surface area contributed by atoms with Gasteiger partial charge in [-0.25, -0.2) is 4.79 Å². The van der Waals surface area contributed by atoms with E-state index >= 15 is 0 Å². The van der Waals surface area contributed by atoms with Gasteiger partial charge >= 0.3 is 6.09 Å². The van der Waals surface area contributed by atoms with Crippen molar-refractivity contribution in [3.63, 3.8) is 0 Å². The average Bonchev–Trinajstić information content (AvgIpc) is 3.29. The number of furan rings is 1. The number of nitrogens with zero attached hydrogens (tertiary/aromatic N) is 2. The lowest BCUT2D eigenvalue weighted by molar-refractivity contribution is -0.485. The van der Waals surface area contributed by atoms with Gasteiger partial charge in [0.05, 0.1) is 25.0 Å². The quantitative estimate of drug-likeness (QED) is 0.365. The Hall–Kier alpha value is -3.29. The maximum atomic E-state index is 13.2. The van der Waals surface area contributed by atoms with Crippen LogP contribution in [0.2, 0.25) is 0 Å². The fraction of sp³-hybridized carbons (Fsp3) is 0.480. The Morgan fingerprint density at radius 3 is 2.58 bits per heavy atom. The molecule has 0 unspecified atom stereocenters. The minimum atomic E-state index is -0.672. The summed E-state index contributed by atoms with van der Waals surface area (Å²) in [5.41, 5.74) is 0.936. The van der Waals surface area contributed by atoms with E-state index < -0.39 is 17.6 Å². The summed E-state index contributed by atoms with van der Waals surface area (Å²) >= 11 is 0. The van der Waals surface area contributed by atoms with Crippen LogP contribution in [0.3, 0.4) is 0 Å². The van der Waals surface area contributed by atoms with Gasteiger partial charge < -0.3 is 13.9 Å². The van der Waals surface area contributed by atoms with Crippen LogP contribution in [-0.2, 0) is 4.74 Å². The zero-order chi connectivity index (χ0) is 24.0. The van der Waals surface area contributed by atoms with E-state index in [1.54, 1.807) is 56.0 Å². The van der Waals surface area contributed by atoms with E-state index in [1.807, 2.05) is 20.8 Å². The average molecular weight is 457 g/mol. The summed E-state index contributed by atoms with van der Waals surface area (Å²) in [6.07, 6.45) is 6.29. The van der Waals surface area contributed by atoms with Crippen LogP contribution < -0.4 is 9.64 Å². The second kappa shape index (κ2) is 10.6. The maximum absolute atomic E-state index is 13.2. The first-order valence-corrected chi connectivity index (χ1v) is 11.2. The molecule has 33 heavy (non-hydrogen) atoms. The van der Waals surface area contributed by atoms with Crippen molar-refractivity contribution in [2.24, 2.45) is 5.92 Å². The summed E-state index contributed by atoms with van der Waals surface area (Å²) in [5.74, 6) is 0.754. The Balaban J connectivity index is 2.01. The summed E-state index contributed by atoms with van der Waals surface area (Å²) in [5, 5.41) is 11.5. The van der Waals surface area contributed by atoms with Crippen molar-refractivity contribution in [3.05, 3.63) is 70.3 Å². The first-order chi connectivity index (χ1) is 15.7. The molecule has 1 amide bonds. The molecule has 1 aromatic carbocycles. The minimum absolute atomic E-state index is 0.113. The lowest BCUT2D eigenvalue weighted by Gasteiger charge is -2.32. The number of carbonyl (C=O) groups excluding carboxylic acids is 1. The normalized spacial score (nSPS) is 18.5. The summed E-state index contributed by atoms with van der Waals surface area (Å²) in [7, 11) is 1.58. The number of rotatable bonds is 7. The molecule has 1 heterocycles. The van der Waals surface area contributed by atoms with E-state index in [0.717, 1.165) is 31.3 Å². The van der Waals surface area contributed by atoms with Crippen LogP contribution in [0.25, 0.3) is 0 Å². The third-order valence-electron chi connectivity index (χ3n) is 5.68. The summed E-state index contributed by atoms with van der Waals surface area (Å²) in [6.45, 7) is 5.22. The molecule has 0 bridgehead atoms. The number of anilines is 1. The van der Waals surface area contributed by atoms with Crippen LogP contribution in [-0.4, -0.2) is 30.3 Å². The Kier molecular flexibility index (Phi) is 7.79. The number of amides is 1. The van der Waals surface area contributed by atoms with E-state index in [1.165, 1.54) is 4.90 Å². The monoisotopic (exact) mass is 456 g/mol. The van der Waals surface area contributed by atoms with Crippen LogP contribution >= 0.6 is 0 Å². The van der Waals surface area contributed by atoms with Crippen LogP contribution in [0.5, 0.6) is 5.75 Å². The maximum Gasteiger partial charge on any atom is 0.418 e. The van der Waals surface area contributed by atoms with E-state index in [0.29, 0.717) is 17.2 Å². The van der Waals surface area contributed by atoms with Gasteiger partial charge in [0.15, 0.2) is 0 Å². The van der Waals surface area contributed by atoms with Crippen molar-refractivity contribution in [2.45, 2.75) is 58.0 Å². The number of benzene rings is 1. The summed E-state index contributed by atoms with van der Waals surface area (Å²) in [4.78, 5) is 25.8. The smallest absolute Gasteiger partial charge is 0.418 e. The van der Waals surface area contributed by atoms with Gasteiger partial charge in [-0.05, 0) is 87.9 Å². The highest BCUT2D eigenvalue weighted by atomic mass is 16.6. The molecular weight excluding hydrogens is 424 g/mol. The molecule has 1 fully saturated rings. The van der Waals surface area contributed by atoms with Gasteiger partial charge in [-0.2, -0.15) is 0 Å². The number of carbonyl (C=O) groups is 1. The van der Waals surface area contributed by atoms with Gasteiger partial charge in [0.1, 0.15) is 17.1 Å². The molecule has 0 spiro atoms. The molecule has 1 aromatic heterocycles. The molecule has 1 saturated carbocycles. The standard InChI is InChI=1S/C25H32N2O6/c1-25(2,3)33-24(28)26(19-11-13-20(31-4)14-12-19)16-18-8-5-6-9-21(18)22(17-27(29)30)23-10-7-15-32-23/h7,10-16,21-22H,5-6,8-9,17H2,1-4H3/b18-16-/t21-,22-/m1/s1. The third kappa shape index (κ3) is 6.60. The van der Waals surface area contributed by atoms with Crippen molar-refractivity contribution < 1.29 is 23.6 Å². The van der Waals surface area contributed by atoms with Gasteiger partial charge in [-0.1, -0.05) is 6.42 Å². The van der Waals surface area contributed by atoms with Crippen LogP contribution in [0, 0.1) is 16.0 Å². The Morgan fingerprint density at radius 2 is 2.00 bits per heavy atom. The number of hydrogen-bond donors (Lipinski definition) is 0. The molecular formula is C25H32N2O6. The molecule has 178 valence electrons. The highest BCUT2D eigenvalue weighted by Gasteiger charge is 2.35. The first-order valence-electron chi connectivity index (χ1n) is 11.2. The highest BCUT2D eigenvalue weighted by Crippen LogP contribution is 2.41. The number of ether oxygens (including phenoxy) is 2. The number of nitro groups is 1. The van der Waals surface area contributed by atoms with Crippen LogP contribution in [0.1, 0.15) is 58.1 Å². The third-order valence-corrected chi connectivity index (χ3v) is 5.68. The lowest BCUT2D eigenvalue weighted by atomic mass is 9.75. The summed E-state index contributed by atoms with van der Waals surface area (Å²) < 4.78 is 16.5. The van der Waals surface area contributed by atoms with Crippen molar-refractivity contribution in [1.82, 2.24) is 0 Å². The molecule has 2 atom stereocenters. The van der Waals surface area contributed by atoms with E-state index in [-0.39, 0.29) is 17.4 Å². The topological polar surface area (TPSA) is 95.0 Å². The molecule has 0 N–H and O–H groups in total. The Bertz CT molecular complexity index is 960. The predicted octanol–water partition coefficient (Wildman–Crippen LogP) is 6.16. The molecule has 0 radical (unpaired) electrons. The highest BCUT2D eigenvalue weighted by molar-refractivity contribution is 5.90. The molecule has 1 aliphatic carbocycles. The van der Waals surface area contributed by atoms with Gasteiger partial charge in [0.25, 0.3) is 0 Å². The number of hydrogen-bond acceptors (Lipinski definition) is 6. The fourth-order valence-electron chi connectivity index (χ4n) is 4.21. The van der Waals surface area contributed by atoms with Gasteiger partial charge in [-0.15, -0.1) is 0 Å². The lowest BCUT2D eigenvalue weighted by Crippen LogP contribution is -2.35. The molecule has 0 saturated heterocycles. The SMILES string of the molecule is COc1ccc(N(/C=C2/CCCC[C@H]2[C@@H](C[N+](=O)[O-])c2ccco2)C(=O)OC(C)(C)C)cc1. The van der Waals surface area contributed by atoms with Gasteiger partial charge in [0.2, 0.25) is 6.54 Å². The molecule has 0 aliphatic heterocycles. The largest absolute Gasteiger partial charge is 0.497 e. The van der Waals surface area contributed by atoms with Crippen molar-refractivity contribution in [2.75, 3.05) is 18.6 Å². The molecule has 8 nitrogen and oxygen atoms in total. The number of methoxy groups -OCH3 is 1. The second-order valence-electron chi connectivity index (χ2n) is 9.24. The van der Waals surface area contributed by atoms with Gasteiger partial charge in [-0.3, -0.25) is 15.0 Å². The van der Waals surface area contributed by atoms with Crippen LogP contribution in [0.4, 0.5) is 10.5 Å². The van der Waals surface area contributed by atoms with Gasteiger partial charge in [0, 0.05) is 11.1 Å². The molecule has 2 aromatic rings. The molecule has 8 heteroatoms. The Labute approximate surface area is 194 Å². The van der Waals surface area contributed by atoms with Crippen molar-refractivity contribution in [1.29, 1.82) is 0 Å². The van der Waals surface area contributed by atoms with Crippen molar-refractivity contribution >= 4 is 11.8 Å². The van der Waals surface area contributed by atoms with E-state index in [2.05, 4.69) is 0 Å². The minimum Gasteiger partial charge on any atom is -0.497 e. The van der Waals surface area contributed by atoms with E-state index in [9.17, 15) is 14.9 Å². The predicted molar refractivity (Wildman–Crippen MR) is 125 cm³/mol. The molecule has 1 aliphatic rings. The second-order valence-corrected chi connectivity index (χ2v) is 9.24. The first kappa shape index (κ1) is 24.4. The zero-order valence-corrected chi connectivity index (χ0v) is 19.7. The zero-order valence-electron chi connectivity index (χ0n) is 19.7. The van der Waals surface area contributed by atoms with Crippen molar-refractivity contribution in [3.8, 4) is 5.75 Å².